The van der Waals surface area contributed by atoms with Crippen LogP contribution in [0.15, 0.2) is 0 Å². The van der Waals surface area contributed by atoms with E-state index in [1.54, 1.807) is 0 Å². The van der Waals surface area contributed by atoms with Crippen LogP contribution in [0.1, 0.15) is 13.8 Å². The van der Waals surface area contributed by atoms with Crippen LogP contribution in [0.25, 0.3) is 0 Å². The Morgan fingerprint density at radius 1 is 1.04 bits per heavy atom. The average molecular weight is 367 g/mol. The predicted molar refractivity (Wildman–Crippen MR) is 78.8 cm³/mol. The lowest BCUT2D eigenvalue weighted by atomic mass is 9.95. The Labute approximate surface area is 143 Å². The molecule has 0 aromatic carbocycles. The smallest absolute Gasteiger partial charge is 0.217 e. The van der Waals surface area contributed by atoms with Gasteiger partial charge in [-0.1, -0.05) is 0 Å². The number of carbonyl (C=O) groups excluding carboxylic acids is 1. The summed E-state index contributed by atoms with van der Waals surface area (Å²) in [4.78, 5) is 11.3. The van der Waals surface area contributed by atoms with E-state index in [0.717, 1.165) is 0 Å². The zero-order valence-electron chi connectivity index (χ0n) is 13.8. The van der Waals surface area contributed by atoms with Gasteiger partial charge in [-0.05, 0) is 6.92 Å². The van der Waals surface area contributed by atoms with Crippen molar-refractivity contribution < 1.29 is 49.6 Å². The molecule has 2 aliphatic rings. The molecule has 10 atom stereocenters. The molecule has 0 aromatic rings. The molecule has 0 bridgehead atoms. The van der Waals surface area contributed by atoms with E-state index in [4.69, 9.17) is 14.2 Å². The summed E-state index contributed by atoms with van der Waals surface area (Å²) in [5, 5.41) is 61.5. The number of rotatable bonds is 4. The van der Waals surface area contributed by atoms with E-state index >= 15 is 0 Å². The van der Waals surface area contributed by atoms with Gasteiger partial charge >= 0.3 is 0 Å². The number of hydrogen-bond acceptors (Lipinski definition) is 10. The van der Waals surface area contributed by atoms with Crippen LogP contribution in [0.5, 0.6) is 0 Å². The van der Waals surface area contributed by atoms with Gasteiger partial charge in [0.05, 0.1) is 12.7 Å². The first-order chi connectivity index (χ1) is 11.7. The lowest BCUT2D eigenvalue weighted by Gasteiger charge is -2.46. The summed E-state index contributed by atoms with van der Waals surface area (Å²) in [6.45, 7) is 2.01. The molecule has 2 heterocycles. The number of ether oxygens (including phenoxy) is 3. The van der Waals surface area contributed by atoms with Gasteiger partial charge in [-0.25, -0.2) is 0 Å². The van der Waals surface area contributed by atoms with Gasteiger partial charge < -0.3 is 50.2 Å². The maximum Gasteiger partial charge on any atom is 0.217 e. The van der Waals surface area contributed by atoms with Crippen molar-refractivity contribution >= 4 is 5.91 Å². The number of aliphatic hydroxyl groups excluding tert-OH is 6. The molecular formula is C14H25NO10. The summed E-state index contributed by atoms with van der Waals surface area (Å²) >= 11 is 0. The van der Waals surface area contributed by atoms with Crippen molar-refractivity contribution in [2.75, 3.05) is 6.61 Å². The summed E-state index contributed by atoms with van der Waals surface area (Å²) in [6.07, 6.45) is -12.4. The molecule has 0 aliphatic carbocycles. The Balaban J connectivity index is 2.20. The highest BCUT2D eigenvalue weighted by Crippen LogP contribution is 2.28. The first-order valence-corrected chi connectivity index (χ1v) is 7.92. The second-order valence-electron chi connectivity index (χ2n) is 6.25. The quantitative estimate of drug-likeness (QED) is 0.257. The largest absolute Gasteiger partial charge is 0.394 e. The van der Waals surface area contributed by atoms with Gasteiger partial charge in [0.2, 0.25) is 5.91 Å². The van der Waals surface area contributed by atoms with E-state index in [2.05, 4.69) is 5.32 Å². The van der Waals surface area contributed by atoms with Gasteiger partial charge in [0.25, 0.3) is 0 Å². The topological polar surface area (TPSA) is 178 Å². The first-order valence-electron chi connectivity index (χ1n) is 7.92. The van der Waals surface area contributed by atoms with Crippen LogP contribution in [0.2, 0.25) is 0 Å². The molecule has 7 N–H and O–H groups in total. The van der Waals surface area contributed by atoms with E-state index in [9.17, 15) is 35.4 Å². The van der Waals surface area contributed by atoms with Crippen molar-refractivity contribution in [2.45, 2.75) is 75.2 Å². The Bertz CT molecular complexity index is 465. The van der Waals surface area contributed by atoms with Gasteiger partial charge in [-0.3, -0.25) is 4.79 Å². The second kappa shape index (κ2) is 8.20. The molecule has 0 radical (unpaired) electrons. The zero-order chi connectivity index (χ0) is 18.9. The van der Waals surface area contributed by atoms with Gasteiger partial charge in [-0.2, -0.15) is 0 Å². The number of carbonyl (C=O) groups is 1. The molecular weight excluding hydrogens is 342 g/mol. The fraction of sp³-hybridized carbons (Fsp3) is 0.929. The normalized spacial score (nSPS) is 48.2. The third-order valence-electron chi connectivity index (χ3n) is 4.34. The minimum atomic E-state index is -1.64. The molecule has 0 spiro atoms. The molecule has 2 fully saturated rings. The predicted octanol–water partition coefficient (Wildman–Crippen LogP) is -4.23. The standard InChI is InChI=1S/C14H25NO10/c1-4-8(18)10(20)11(21)14(23-4)25-12-7(15-5(2)17)13(22)24-6(3-16)9(12)19/h4,6-14,16,18-22H,3H2,1-2H3,(H,15,17)/t4-,6-,7-,8-,9+,10+,11+,12-,13-,14-/m1/s1. The molecule has 0 saturated carbocycles. The number of hydrogen-bond donors (Lipinski definition) is 7. The van der Waals surface area contributed by atoms with Crippen molar-refractivity contribution in [1.82, 2.24) is 5.32 Å². The molecule has 146 valence electrons. The monoisotopic (exact) mass is 367 g/mol. The van der Waals surface area contributed by atoms with E-state index in [0.29, 0.717) is 0 Å². The maximum absolute atomic E-state index is 11.3. The fourth-order valence-electron chi connectivity index (χ4n) is 2.92. The third-order valence-corrected chi connectivity index (χ3v) is 4.34. The van der Waals surface area contributed by atoms with Gasteiger partial charge in [-0.15, -0.1) is 0 Å². The zero-order valence-corrected chi connectivity index (χ0v) is 13.8. The average Bonchev–Trinajstić information content (AvgIpc) is 2.56. The van der Waals surface area contributed by atoms with Crippen LogP contribution in [0.3, 0.4) is 0 Å². The summed E-state index contributed by atoms with van der Waals surface area (Å²) in [5.74, 6) is -0.537. The summed E-state index contributed by atoms with van der Waals surface area (Å²) in [7, 11) is 0. The Morgan fingerprint density at radius 2 is 1.68 bits per heavy atom. The Morgan fingerprint density at radius 3 is 2.24 bits per heavy atom. The maximum atomic E-state index is 11.3. The second-order valence-corrected chi connectivity index (χ2v) is 6.25. The highest BCUT2D eigenvalue weighted by atomic mass is 16.7. The van der Waals surface area contributed by atoms with Crippen LogP contribution in [0, 0.1) is 0 Å². The molecule has 2 rings (SSSR count). The molecule has 0 unspecified atom stereocenters. The molecule has 1 amide bonds. The lowest BCUT2D eigenvalue weighted by Crippen LogP contribution is -2.67. The van der Waals surface area contributed by atoms with Crippen molar-refractivity contribution in [3.8, 4) is 0 Å². The van der Waals surface area contributed by atoms with Crippen LogP contribution in [-0.4, -0.2) is 105 Å². The Kier molecular flexibility index (Phi) is 6.70. The highest BCUT2D eigenvalue weighted by molar-refractivity contribution is 5.73. The molecule has 25 heavy (non-hydrogen) atoms. The van der Waals surface area contributed by atoms with Gasteiger partial charge in [0, 0.05) is 6.92 Å². The molecule has 0 aromatic heterocycles. The third kappa shape index (κ3) is 4.27. The van der Waals surface area contributed by atoms with E-state index in [1.165, 1.54) is 13.8 Å². The summed E-state index contributed by atoms with van der Waals surface area (Å²) in [5.41, 5.74) is 0. The number of amides is 1. The van der Waals surface area contributed by atoms with E-state index in [1.807, 2.05) is 0 Å². The molecule has 2 saturated heterocycles. The molecule has 2 aliphatic heterocycles. The van der Waals surface area contributed by atoms with Crippen molar-refractivity contribution in [3.63, 3.8) is 0 Å². The lowest BCUT2D eigenvalue weighted by molar-refractivity contribution is -0.337. The van der Waals surface area contributed by atoms with Crippen LogP contribution in [0.4, 0.5) is 0 Å². The minimum Gasteiger partial charge on any atom is -0.394 e. The van der Waals surface area contributed by atoms with Crippen molar-refractivity contribution in [2.24, 2.45) is 0 Å². The first kappa shape index (κ1) is 20.4. The number of nitrogens with one attached hydrogen (secondary N) is 1. The fourth-order valence-corrected chi connectivity index (χ4v) is 2.92. The van der Waals surface area contributed by atoms with Crippen LogP contribution >= 0.6 is 0 Å². The van der Waals surface area contributed by atoms with E-state index in [-0.39, 0.29) is 0 Å². The highest BCUT2D eigenvalue weighted by Gasteiger charge is 2.50. The SMILES string of the molecule is CC(=O)N[C@@H]1[C@@H](O[C@H]2O[C@H](C)[C@@H](O)[C@H](O)[C@@H]2O)[C@@H](O)[C@@H](CO)O[C@H]1O. The van der Waals surface area contributed by atoms with Crippen LogP contribution < -0.4 is 5.32 Å². The summed E-state index contributed by atoms with van der Waals surface area (Å²) in [6, 6.07) is -1.22. The van der Waals surface area contributed by atoms with Gasteiger partial charge in [0.1, 0.15) is 42.7 Å². The van der Waals surface area contributed by atoms with Crippen molar-refractivity contribution in [1.29, 1.82) is 0 Å². The number of aliphatic hydroxyl groups is 6. The van der Waals surface area contributed by atoms with E-state index < -0.39 is 73.9 Å². The van der Waals surface area contributed by atoms with Crippen molar-refractivity contribution in [3.05, 3.63) is 0 Å². The molecule has 11 heteroatoms. The molecule has 11 nitrogen and oxygen atoms in total. The minimum absolute atomic E-state index is 0.537. The van der Waals surface area contributed by atoms with Crippen LogP contribution in [-0.2, 0) is 19.0 Å². The summed E-state index contributed by atoms with van der Waals surface area (Å²) < 4.78 is 15.8. The van der Waals surface area contributed by atoms with Gasteiger partial charge in [0.15, 0.2) is 12.6 Å². The Hall–Kier alpha value is -0.890.